The van der Waals surface area contributed by atoms with Gasteiger partial charge in [-0.05, 0) is 19.1 Å². The van der Waals surface area contributed by atoms with Crippen LogP contribution in [0.1, 0.15) is 17.3 Å². The quantitative estimate of drug-likeness (QED) is 0.613. The summed E-state index contributed by atoms with van der Waals surface area (Å²) >= 11 is 0. The number of nitro groups is 1. The number of nitro benzene ring substituents is 1. The third kappa shape index (κ3) is 2.57. The second kappa shape index (κ2) is 5.87. The smallest absolute Gasteiger partial charge is 0.292 e. The van der Waals surface area contributed by atoms with E-state index in [2.05, 4.69) is 10.6 Å². The number of likely N-dealkylation sites (N-methyl/N-ethyl adjacent to an activating group) is 1. The number of benzene rings is 1. The zero-order valence-electron chi connectivity index (χ0n) is 11.5. The van der Waals surface area contributed by atoms with Crippen molar-refractivity contribution in [3.8, 4) is 0 Å². The lowest BCUT2D eigenvalue weighted by Crippen LogP contribution is -2.57. The van der Waals surface area contributed by atoms with Crippen molar-refractivity contribution >= 4 is 17.3 Å². The van der Waals surface area contributed by atoms with Crippen LogP contribution in [0.4, 0.5) is 11.4 Å². The summed E-state index contributed by atoms with van der Waals surface area (Å²) in [5.41, 5.74) is 0.968. The molecule has 0 aromatic heterocycles. The molecule has 1 saturated heterocycles. The molecule has 0 radical (unpaired) electrons. The van der Waals surface area contributed by atoms with Gasteiger partial charge in [-0.1, -0.05) is 0 Å². The van der Waals surface area contributed by atoms with E-state index in [0.717, 1.165) is 13.1 Å². The summed E-state index contributed by atoms with van der Waals surface area (Å²) in [6.07, 6.45) is 0. The Kier molecular flexibility index (Phi) is 4.19. The molecule has 2 rings (SSSR count). The van der Waals surface area contributed by atoms with Crippen LogP contribution in [0.25, 0.3) is 0 Å². The lowest BCUT2D eigenvalue weighted by molar-refractivity contribution is -0.384. The predicted octanol–water partition coefficient (Wildman–Crippen LogP) is 0.752. The first-order chi connectivity index (χ1) is 9.58. The Hall–Kier alpha value is -2.15. The molecule has 0 saturated carbocycles. The summed E-state index contributed by atoms with van der Waals surface area (Å²) in [5, 5.41) is 16.9. The number of carbonyl (C=O) groups excluding carboxylic acids is 1. The number of carbonyl (C=O) groups is 1. The van der Waals surface area contributed by atoms with Crippen molar-refractivity contribution in [2.75, 3.05) is 31.6 Å². The molecule has 20 heavy (non-hydrogen) atoms. The molecule has 0 bridgehead atoms. The molecule has 1 aliphatic heterocycles. The second-order valence-electron chi connectivity index (χ2n) is 4.64. The number of nitrogens with zero attached hydrogens (tertiary/aromatic N) is 2. The molecule has 1 heterocycles. The Bertz CT molecular complexity index is 528. The third-order valence-electron chi connectivity index (χ3n) is 3.51. The van der Waals surface area contributed by atoms with Crippen LogP contribution < -0.4 is 15.5 Å². The van der Waals surface area contributed by atoms with Crippen molar-refractivity contribution in [3.63, 3.8) is 0 Å². The Labute approximate surface area is 117 Å². The van der Waals surface area contributed by atoms with Crippen LogP contribution >= 0.6 is 0 Å². The van der Waals surface area contributed by atoms with Gasteiger partial charge in [-0.25, -0.2) is 0 Å². The Morgan fingerprint density at radius 2 is 2.25 bits per heavy atom. The summed E-state index contributed by atoms with van der Waals surface area (Å²) in [4.78, 5) is 24.5. The summed E-state index contributed by atoms with van der Waals surface area (Å²) in [5.74, 6) is -0.246. The molecule has 1 aromatic carbocycles. The number of amides is 1. The fourth-order valence-corrected chi connectivity index (χ4v) is 2.31. The first-order valence-electron chi connectivity index (χ1n) is 6.56. The highest BCUT2D eigenvalue weighted by Gasteiger charge is 2.29. The molecule has 0 atom stereocenters. The molecule has 7 heteroatoms. The van der Waals surface area contributed by atoms with Crippen molar-refractivity contribution in [2.24, 2.45) is 0 Å². The second-order valence-corrected chi connectivity index (χ2v) is 4.64. The van der Waals surface area contributed by atoms with E-state index in [1.807, 2.05) is 11.8 Å². The third-order valence-corrected chi connectivity index (χ3v) is 3.51. The van der Waals surface area contributed by atoms with Gasteiger partial charge in [0.2, 0.25) is 0 Å². The van der Waals surface area contributed by atoms with Gasteiger partial charge in [-0.2, -0.15) is 0 Å². The SMILES string of the molecule is CCN(c1cc(C(=O)NC)ccc1[N+](=O)[O-])C1CNC1. The van der Waals surface area contributed by atoms with E-state index in [4.69, 9.17) is 0 Å². The van der Waals surface area contributed by atoms with Crippen LogP contribution in [0.5, 0.6) is 0 Å². The molecule has 1 amide bonds. The van der Waals surface area contributed by atoms with Crippen LogP contribution in [0.15, 0.2) is 18.2 Å². The first-order valence-corrected chi connectivity index (χ1v) is 6.56. The van der Waals surface area contributed by atoms with Gasteiger partial charge in [0.1, 0.15) is 5.69 Å². The van der Waals surface area contributed by atoms with Gasteiger partial charge < -0.3 is 15.5 Å². The van der Waals surface area contributed by atoms with E-state index >= 15 is 0 Å². The van der Waals surface area contributed by atoms with Crippen LogP contribution in [0.3, 0.4) is 0 Å². The maximum Gasteiger partial charge on any atom is 0.292 e. The molecule has 0 aliphatic carbocycles. The minimum absolute atomic E-state index is 0.0337. The lowest BCUT2D eigenvalue weighted by atomic mass is 10.1. The van der Waals surface area contributed by atoms with Crippen LogP contribution in [0, 0.1) is 10.1 Å². The lowest BCUT2D eigenvalue weighted by Gasteiger charge is -2.39. The minimum atomic E-state index is -0.405. The van der Waals surface area contributed by atoms with Gasteiger partial charge in [-0.3, -0.25) is 14.9 Å². The summed E-state index contributed by atoms with van der Waals surface area (Å²) < 4.78 is 0. The number of nitrogens with one attached hydrogen (secondary N) is 2. The van der Waals surface area contributed by atoms with E-state index in [0.29, 0.717) is 17.8 Å². The molecule has 108 valence electrons. The van der Waals surface area contributed by atoms with Gasteiger partial charge in [0.05, 0.1) is 11.0 Å². The maximum absolute atomic E-state index is 11.7. The summed E-state index contributed by atoms with van der Waals surface area (Å²) in [6.45, 7) is 4.21. The molecule has 7 nitrogen and oxygen atoms in total. The highest BCUT2D eigenvalue weighted by molar-refractivity contribution is 5.95. The largest absolute Gasteiger partial charge is 0.361 e. The van der Waals surface area contributed by atoms with Crippen molar-refractivity contribution in [1.29, 1.82) is 0 Å². The fraction of sp³-hybridized carbons (Fsp3) is 0.462. The summed E-state index contributed by atoms with van der Waals surface area (Å²) in [6, 6.07) is 4.71. The topological polar surface area (TPSA) is 87.5 Å². The highest BCUT2D eigenvalue weighted by atomic mass is 16.6. The van der Waals surface area contributed by atoms with E-state index in [1.54, 1.807) is 6.07 Å². The fourth-order valence-electron chi connectivity index (χ4n) is 2.31. The molecule has 1 aliphatic rings. The van der Waals surface area contributed by atoms with Crippen LogP contribution in [-0.2, 0) is 0 Å². The molecule has 1 aromatic rings. The van der Waals surface area contributed by atoms with Crippen LogP contribution in [-0.4, -0.2) is 43.6 Å². The van der Waals surface area contributed by atoms with Gasteiger partial charge in [0.25, 0.3) is 11.6 Å². The number of hydrogen-bond donors (Lipinski definition) is 2. The Balaban J connectivity index is 2.44. The van der Waals surface area contributed by atoms with Crippen molar-refractivity contribution in [1.82, 2.24) is 10.6 Å². The van der Waals surface area contributed by atoms with Gasteiger partial charge in [0.15, 0.2) is 0 Å². The molecule has 0 unspecified atom stereocenters. The van der Waals surface area contributed by atoms with E-state index in [9.17, 15) is 14.9 Å². The number of rotatable bonds is 5. The normalized spacial score (nSPS) is 14.5. The predicted molar refractivity (Wildman–Crippen MR) is 76.2 cm³/mol. The molecular formula is C13H18N4O3. The first kappa shape index (κ1) is 14.3. The van der Waals surface area contributed by atoms with E-state index in [1.165, 1.54) is 19.2 Å². The van der Waals surface area contributed by atoms with Gasteiger partial charge in [0, 0.05) is 38.3 Å². The Morgan fingerprint density at radius 3 is 2.70 bits per heavy atom. The van der Waals surface area contributed by atoms with E-state index < -0.39 is 4.92 Å². The highest BCUT2D eigenvalue weighted by Crippen LogP contribution is 2.31. The molecule has 0 spiro atoms. The molecule has 2 N–H and O–H groups in total. The van der Waals surface area contributed by atoms with Gasteiger partial charge in [-0.15, -0.1) is 0 Å². The number of anilines is 1. The van der Waals surface area contributed by atoms with E-state index in [-0.39, 0.29) is 17.6 Å². The van der Waals surface area contributed by atoms with Crippen LogP contribution in [0.2, 0.25) is 0 Å². The van der Waals surface area contributed by atoms with Crippen molar-refractivity contribution in [3.05, 3.63) is 33.9 Å². The van der Waals surface area contributed by atoms with Gasteiger partial charge >= 0.3 is 0 Å². The molecular weight excluding hydrogens is 260 g/mol. The average molecular weight is 278 g/mol. The van der Waals surface area contributed by atoms with Crippen molar-refractivity contribution < 1.29 is 9.72 Å². The monoisotopic (exact) mass is 278 g/mol. The Morgan fingerprint density at radius 1 is 1.55 bits per heavy atom. The maximum atomic E-state index is 11.7. The summed E-state index contributed by atoms with van der Waals surface area (Å²) in [7, 11) is 1.54. The molecule has 1 fully saturated rings. The van der Waals surface area contributed by atoms with Crippen molar-refractivity contribution in [2.45, 2.75) is 13.0 Å². The number of hydrogen-bond acceptors (Lipinski definition) is 5. The zero-order valence-corrected chi connectivity index (χ0v) is 11.5. The zero-order chi connectivity index (χ0) is 14.7. The standard InChI is InChI=1S/C13H18N4O3/c1-3-16(10-7-15-8-10)12-6-9(13(18)14-2)4-5-11(12)17(19)20/h4-6,10,15H,3,7-8H2,1-2H3,(H,14,18). The minimum Gasteiger partial charge on any atom is -0.361 e. The average Bonchev–Trinajstić information content (AvgIpc) is 2.40.